The zero-order valence-corrected chi connectivity index (χ0v) is 13.6. The van der Waals surface area contributed by atoms with Crippen LogP contribution in [0.2, 0.25) is 0 Å². The first-order valence-electron chi connectivity index (χ1n) is 8.01. The zero-order valence-electron chi connectivity index (χ0n) is 13.6. The number of ether oxygens (including phenoxy) is 1. The molecule has 0 aliphatic heterocycles. The van der Waals surface area contributed by atoms with Gasteiger partial charge in [-0.15, -0.1) is 0 Å². The average molecular weight is 293 g/mol. The van der Waals surface area contributed by atoms with E-state index in [0.29, 0.717) is 17.9 Å². The Balaban J connectivity index is 2.16. The van der Waals surface area contributed by atoms with E-state index in [1.807, 2.05) is 7.05 Å². The summed E-state index contributed by atoms with van der Waals surface area (Å²) in [5.74, 6) is 1.96. The second-order valence-electron chi connectivity index (χ2n) is 5.68. The van der Waals surface area contributed by atoms with Crippen molar-refractivity contribution in [1.29, 1.82) is 0 Å². The van der Waals surface area contributed by atoms with Crippen molar-refractivity contribution >= 4 is 11.9 Å². The van der Waals surface area contributed by atoms with E-state index in [0.717, 1.165) is 31.8 Å². The van der Waals surface area contributed by atoms with Gasteiger partial charge in [0.05, 0.1) is 0 Å². The van der Waals surface area contributed by atoms with E-state index in [-0.39, 0.29) is 6.10 Å². The highest BCUT2D eigenvalue weighted by Crippen LogP contribution is 2.27. The first-order valence-corrected chi connectivity index (χ1v) is 8.01. The summed E-state index contributed by atoms with van der Waals surface area (Å²) in [6.45, 7) is 8.20. The third-order valence-electron chi connectivity index (χ3n) is 4.03. The lowest BCUT2D eigenvalue weighted by Crippen LogP contribution is -2.27. The van der Waals surface area contributed by atoms with Crippen molar-refractivity contribution in [2.45, 2.75) is 52.6 Å². The van der Waals surface area contributed by atoms with E-state index in [2.05, 4.69) is 45.9 Å². The van der Waals surface area contributed by atoms with Crippen LogP contribution in [0, 0.1) is 5.92 Å². The van der Waals surface area contributed by atoms with Crippen molar-refractivity contribution in [3.8, 4) is 6.01 Å². The molecule has 21 heavy (non-hydrogen) atoms. The highest BCUT2D eigenvalue weighted by molar-refractivity contribution is 5.37. The van der Waals surface area contributed by atoms with E-state index in [1.54, 1.807) is 0 Å². The molecule has 0 amide bonds. The van der Waals surface area contributed by atoms with Gasteiger partial charge in [-0.2, -0.15) is 15.0 Å². The summed E-state index contributed by atoms with van der Waals surface area (Å²) in [6.07, 6.45) is 4.92. The third-order valence-corrected chi connectivity index (χ3v) is 4.03. The minimum absolute atomic E-state index is 0.227. The fourth-order valence-electron chi connectivity index (χ4n) is 2.79. The van der Waals surface area contributed by atoms with E-state index in [1.165, 1.54) is 12.8 Å². The SMILES string of the molecule is CCN(CC)c1nc(NC)nc(OC2CCCC(C)C2)n1. The third kappa shape index (κ3) is 4.19. The molecule has 2 unspecified atom stereocenters. The maximum Gasteiger partial charge on any atom is 0.323 e. The number of hydrogen-bond donors (Lipinski definition) is 1. The summed E-state index contributed by atoms with van der Waals surface area (Å²) in [4.78, 5) is 15.3. The van der Waals surface area contributed by atoms with Crippen LogP contribution in [0.5, 0.6) is 6.01 Å². The Kier molecular flexibility index (Phi) is 5.59. The van der Waals surface area contributed by atoms with E-state index in [4.69, 9.17) is 4.74 Å². The molecule has 118 valence electrons. The lowest BCUT2D eigenvalue weighted by atomic mass is 9.89. The summed E-state index contributed by atoms with van der Waals surface area (Å²) in [5.41, 5.74) is 0. The smallest absolute Gasteiger partial charge is 0.323 e. The molecule has 2 atom stereocenters. The minimum Gasteiger partial charge on any atom is -0.460 e. The fourth-order valence-corrected chi connectivity index (χ4v) is 2.79. The van der Waals surface area contributed by atoms with Gasteiger partial charge in [0.15, 0.2) is 0 Å². The van der Waals surface area contributed by atoms with Gasteiger partial charge in [0.1, 0.15) is 6.10 Å². The molecule has 1 heterocycles. The number of aromatic nitrogens is 3. The topological polar surface area (TPSA) is 63.2 Å². The highest BCUT2D eigenvalue weighted by atomic mass is 16.5. The zero-order chi connectivity index (χ0) is 15.2. The fraction of sp³-hybridized carbons (Fsp3) is 0.800. The second kappa shape index (κ2) is 7.43. The maximum atomic E-state index is 6.02. The molecule has 1 N–H and O–H groups in total. The summed E-state index contributed by atoms with van der Waals surface area (Å²) < 4.78 is 6.02. The molecule has 1 aromatic heterocycles. The summed E-state index contributed by atoms with van der Waals surface area (Å²) >= 11 is 0. The molecule has 0 radical (unpaired) electrons. The van der Waals surface area contributed by atoms with Crippen LogP contribution in [-0.4, -0.2) is 41.2 Å². The standard InChI is InChI=1S/C15H27N5O/c1-5-20(6-2)14-17-13(16-4)18-15(19-14)21-12-9-7-8-11(3)10-12/h11-12H,5-10H2,1-4H3,(H,16,17,18,19). The number of nitrogens with zero attached hydrogens (tertiary/aromatic N) is 4. The quantitative estimate of drug-likeness (QED) is 0.870. The average Bonchev–Trinajstić information content (AvgIpc) is 2.48. The normalized spacial score (nSPS) is 21.9. The summed E-state index contributed by atoms with van der Waals surface area (Å²) in [6, 6.07) is 0.440. The Morgan fingerprint density at radius 3 is 2.57 bits per heavy atom. The first-order chi connectivity index (χ1) is 10.2. The van der Waals surface area contributed by atoms with Gasteiger partial charge in [0, 0.05) is 20.1 Å². The summed E-state index contributed by atoms with van der Waals surface area (Å²) in [7, 11) is 1.81. The monoisotopic (exact) mass is 293 g/mol. The van der Waals surface area contributed by atoms with Crippen LogP contribution in [0.4, 0.5) is 11.9 Å². The van der Waals surface area contributed by atoms with Crippen molar-refractivity contribution in [2.75, 3.05) is 30.4 Å². The van der Waals surface area contributed by atoms with Gasteiger partial charge in [-0.1, -0.05) is 13.3 Å². The molecule has 0 saturated heterocycles. The van der Waals surface area contributed by atoms with Crippen molar-refractivity contribution in [3.05, 3.63) is 0 Å². The van der Waals surface area contributed by atoms with Crippen molar-refractivity contribution in [1.82, 2.24) is 15.0 Å². The van der Waals surface area contributed by atoms with Crippen LogP contribution in [0.25, 0.3) is 0 Å². The van der Waals surface area contributed by atoms with Crippen molar-refractivity contribution in [3.63, 3.8) is 0 Å². The predicted molar refractivity (Wildman–Crippen MR) is 85.0 cm³/mol. The van der Waals surface area contributed by atoms with Crippen LogP contribution in [0.15, 0.2) is 0 Å². The molecule has 1 fully saturated rings. The Labute approximate surface area is 127 Å². The molecule has 0 bridgehead atoms. The van der Waals surface area contributed by atoms with Gasteiger partial charge in [0.25, 0.3) is 0 Å². The van der Waals surface area contributed by atoms with Gasteiger partial charge >= 0.3 is 6.01 Å². The molecule has 1 aliphatic carbocycles. The van der Waals surface area contributed by atoms with Gasteiger partial charge < -0.3 is 15.0 Å². The van der Waals surface area contributed by atoms with Crippen LogP contribution >= 0.6 is 0 Å². The first kappa shape index (κ1) is 15.8. The Morgan fingerprint density at radius 2 is 1.95 bits per heavy atom. The van der Waals surface area contributed by atoms with Crippen LogP contribution in [0.1, 0.15) is 46.5 Å². The molecule has 0 aromatic carbocycles. The van der Waals surface area contributed by atoms with Gasteiger partial charge in [-0.25, -0.2) is 0 Å². The largest absolute Gasteiger partial charge is 0.460 e. The van der Waals surface area contributed by atoms with Crippen molar-refractivity contribution < 1.29 is 4.74 Å². The lowest BCUT2D eigenvalue weighted by molar-refractivity contribution is 0.118. The van der Waals surface area contributed by atoms with Crippen LogP contribution in [-0.2, 0) is 0 Å². The molecular formula is C15H27N5O. The van der Waals surface area contributed by atoms with Crippen LogP contribution in [0.3, 0.4) is 0 Å². The molecular weight excluding hydrogens is 266 g/mol. The van der Waals surface area contributed by atoms with E-state index >= 15 is 0 Å². The maximum absolute atomic E-state index is 6.02. The molecule has 0 spiro atoms. The lowest BCUT2D eigenvalue weighted by Gasteiger charge is -2.27. The Hall–Kier alpha value is -1.59. The van der Waals surface area contributed by atoms with Gasteiger partial charge in [-0.05, 0) is 39.0 Å². The minimum atomic E-state index is 0.227. The van der Waals surface area contributed by atoms with Crippen LogP contribution < -0.4 is 15.0 Å². The number of nitrogens with one attached hydrogen (secondary N) is 1. The number of hydrogen-bond acceptors (Lipinski definition) is 6. The highest BCUT2D eigenvalue weighted by Gasteiger charge is 2.22. The van der Waals surface area contributed by atoms with Gasteiger partial charge in [0.2, 0.25) is 11.9 Å². The van der Waals surface area contributed by atoms with Crippen molar-refractivity contribution in [2.24, 2.45) is 5.92 Å². The van der Waals surface area contributed by atoms with E-state index in [9.17, 15) is 0 Å². The van der Waals surface area contributed by atoms with Gasteiger partial charge in [-0.3, -0.25) is 0 Å². The molecule has 2 rings (SSSR count). The molecule has 1 aliphatic rings. The number of rotatable bonds is 6. The number of anilines is 2. The molecule has 1 aromatic rings. The molecule has 6 nitrogen and oxygen atoms in total. The Morgan fingerprint density at radius 1 is 1.19 bits per heavy atom. The molecule has 1 saturated carbocycles. The second-order valence-corrected chi connectivity index (χ2v) is 5.68. The van der Waals surface area contributed by atoms with E-state index < -0.39 is 0 Å². The summed E-state index contributed by atoms with van der Waals surface area (Å²) in [5, 5.41) is 2.99. The predicted octanol–water partition coefficient (Wildman–Crippen LogP) is 2.72. The molecule has 6 heteroatoms. The Bertz CT molecular complexity index is 450.